The highest BCUT2D eigenvalue weighted by atomic mass is 79.9. The molecule has 0 saturated carbocycles. The van der Waals surface area contributed by atoms with Crippen LogP contribution in [0.4, 0.5) is 0 Å². The first-order chi connectivity index (χ1) is 8.69. The van der Waals surface area contributed by atoms with E-state index in [-0.39, 0.29) is 0 Å². The highest BCUT2D eigenvalue weighted by Gasteiger charge is 2.18. The van der Waals surface area contributed by atoms with Crippen molar-refractivity contribution in [3.8, 4) is 0 Å². The number of benzene rings is 1. The maximum atomic E-state index is 3.60. The van der Waals surface area contributed by atoms with E-state index in [1.165, 1.54) is 42.4 Å². The van der Waals surface area contributed by atoms with Crippen LogP contribution in [0, 0.1) is 5.92 Å². The Morgan fingerprint density at radius 2 is 1.78 bits per heavy atom. The Hall–Kier alpha value is -0.340. The Morgan fingerprint density at radius 3 is 2.28 bits per heavy atom. The molecule has 18 heavy (non-hydrogen) atoms. The largest absolute Gasteiger partial charge is 0.299 e. The Balaban J connectivity index is 1.86. The molecule has 0 N–H and O–H groups in total. The Bertz CT molecular complexity index is 350. The van der Waals surface area contributed by atoms with Crippen molar-refractivity contribution in [2.45, 2.75) is 39.2 Å². The van der Waals surface area contributed by atoms with Gasteiger partial charge in [0.15, 0.2) is 0 Å². The second-order valence-electron chi connectivity index (χ2n) is 5.77. The van der Waals surface area contributed by atoms with Gasteiger partial charge < -0.3 is 0 Å². The fraction of sp³-hybridized carbons (Fsp3) is 0.625. The minimum Gasteiger partial charge on any atom is -0.299 e. The number of hydrogen-bond donors (Lipinski definition) is 0. The summed E-state index contributed by atoms with van der Waals surface area (Å²) in [6.07, 6.45) is 2.69. The fourth-order valence-electron chi connectivity index (χ4n) is 2.57. The van der Waals surface area contributed by atoms with Gasteiger partial charge in [-0.25, -0.2) is 0 Å². The molecule has 2 heteroatoms. The average Bonchev–Trinajstić information content (AvgIpc) is 2.40. The zero-order valence-corrected chi connectivity index (χ0v) is 13.1. The zero-order chi connectivity index (χ0) is 13.0. The molecule has 0 aromatic heterocycles. The molecule has 0 aliphatic carbocycles. The number of nitrogens with zero attached hydrogens (tertiary/aromatic N) is 1. The minimum absolute atomic E-state index is 0.633. The maximum absolute atomic E-state index is 3.60. The van der Waals surface area contributed by atoms with E-state index in [1.807, 2.05) is 0 Å². The van der Waals surface area contributed by atoms with Crippen molar-refractivity contribution in [1.29, 1.82) is 0 Å². The molecule has 1 heterocycles. The summed E-state index contributed by atoms with van der Waals surface area (Å²) in [5, 5.41) is 1.17. The fourth-order valence-corrected chi connectivity index (χ4v) is 3.21. The van der Waals surface area contributed by atoms with Gasteiger partial charge in [-0.05, 0) is 48.9 Å². The van der Waals surface area contributed by atoms with Crippen LogP contribution in [0.15, 0.2) is 24.3 Å². The number of halogens is 1. The molecule has 1 aliphatic heterocycles. The lowest BCUT2D eigenvalue weighted by atomic mass is 9.98. The van der Waals surface area contributed by atoms with E-state index in [4.69, 9.17) is 0 Å². The third kappa shape index (κ3) is 3.83. The van der Waals surface area contributed by atoms with E-state index < -0.39 is 0 Å². The van der Waals surface area contributed by atoms with Crippen molar-refractivity contribution in [1.82, 2.24) is 4.90 Å². The van der Waals surface area contributed by atoms with Crippen LogP contribution >= 0.6 is 15.9 Å². The van der Waals surface area contributed by atoms with Gasteiger partial charge in [-0.15, -0.1) is 0 Å². The van der Waals surface area contributed by atoms with Crippen molar-refractivity contribution in [3.05, 3.63) is 35.4 Å². The molecule has 2 rings (SSSR count). The van der Waals surface area contributed by atoms with E-state index >= 15 is 0 Å². The molecular weight excluding hydrogens is 286 g/mol. The Kier molecular flexibility index (Phi) is 5.25. The molecular formula is C16H24BrN. The predicted molar refractivity (Wildman–Crippen MR) is 82.3 cm³/mol. The molecule has 1 aliphatic rings. The summed E-state index contributed by atoms with van der Waals surface area (Å²) >= 11 is 3.60. The van der Waals surface area contributed by atoms with Crippen molar-refractivity contribution in [2.24, 2.45) is 5.92 Å². The van der Waals surface area contributed by atoms with Crippen LogP contribution in [0.1, 0.15) is 43.7 Å². The number of piperidine rings is 1. The molecule has 1 fully saturated rings. The molecule has 0 radical (unpaired) electrons. The molecule has 0 amide bonds. The lowest BCUT2D eigenvalue weighted by molar-refractivity contribution is 0.187. The molecule has 0 atom stereocenters. The topological polar surface area (TPSA) is 3.24 Å². The van der Waals surface area contributed by atoms with Gasteiger partial charge in [-0.3, -0.25) is 4.90 Å². The van der Waals surface area contributed by atoms with Gasteiger partial charge in [0.05, 0.1) is 0 Å². The molecule has 1 aromatic rings. The van der Waals surface area contributed by atoms with Gasteiger partial charge >= 0.3 is 0 Å². The van der Waals surface area contributed by atoms with Crippen LogP contribution in [0.2, 0.25) is 0 Å². The third-order valence-corrected chi connectivity index (χ3v) is 4.89. The van der Waals surface area contributed by atoms with Gasteiger partial charge in [0.2, 0.25) is 0 Å². The van der Waals surface area contributed by atoms with E-state index in [2.05, 4.69) is 58.9 Å². The summed E-state index contributed by atoms with van der Waals surface area (Å²) in [4.78, 5) is 2.59. The second-order valence-corrected chi connectivity index (χ2v) is 6.42. The van der Waals surface area contributed by atoms with Crippen LogP contribution in [-0.2, 0) is 6.54 Å². The number of hydrogen-bond acceptors (Lipinski definition) is 1. The Labute approximate surface area is 120 Å². The summed E-state index contributed by atoms with van der Waals surface area (Å²) in [6, 6.07) is 9.16. The Morgan fingerprint density at radius 1 is 1.17 bits per heavy atom. The first kappa shape index (κ1) is 14.1. The molecule has 0 bridgehead atoms. The standard InChI is InChI=1S/C16H24BrN/c1-13(2)16-5-3-15(4-6-16)12-18-9-7-14(11-17)8-10-18/h3-6,13-14H,7-12H2,1-2H3. The zero-order valence-electron chi connectivity index (χ0n) is 11.5. The lowest BCUT2D eigenvalue weighted by Gasteiger charge is -2.31. The number of likely N-dealkylation sites (tertiary alicyclic amines) is 1. The van der Waals surface area contributed by atoms with Crippen molar-refractivity contribution in [2.75, 3.05) is 18.4 Å². The molecule has 1 saturated heterocycles. The number of rotatable bonds is 4. The van der Waals surface area contributed by atoms with Crippen LogP contribution < -0.4 is 0 Å². The first-order valence-corrected chi connectivity index (χ1v) is 8.18. The molecule has 100 valence electrons. The lowest BCUT2D eigenvalue weighted by Crippen LogP contribution is -2.33. The van der Waals surface area contributed by atoms with Crippen molar-refractivity contribution >= 4 is 15.9 Å². The van der Waals surface area contributed by atoms with Crippen LogP contribution in [0.25, 0.3) is 0 Å². The minimum atomic E-state index is 0.633. The summed E-state index contributed by atoms with van der Waals surface area (Å²) < 4.78 is 0. The molecule has 0 unspecified atom stereocenters. The SMILES string of the molecule is CC(C)c1ccc(CN2CCC(CBr)CC2)cc1. The van der Waals surface area contributed by atoms with Gasteiger partial charge in [0, 0.05) is 11.9 Å². The average molecular weight is 310 g/mol. The van der Waals surface area contributed by atoms with Gasteiger partial charge in [0.25, 0.3) is 0 Å². The van der Waals surface area contributed by atoms with Crippen molar-refractivity contribution < 1.29 is 0 Å². The van der Waals surface area contributed by atoms with Gasteiger partial charge in [0.1, 0.15) is 0 Å². The summed E-state index contributed by atoms with van der Waals surface area (Å²) in [6.45, 7) is 8.12. The predicted octanol–water partition coefficient (Wildman–Crippen LogP) is 4.42. The summed E-state index contributed by atoms with van der Waals surface area (Å²) in [5.41, 5.74) is 2.90. The molecule has 1 nitrogen and oxygen atoms in total. The van der Waals surface area contributed by atoms with Crippen LogP contribution in [0.3, 0.4) is 0 Å². The maximum Gasteiger partial charge on any atom is 0.0233 e. The van der Waals surface area contributed by atoms with E-state index in [1.54, 1.807) is 0 Å². The second kappa shape index (κ2) is 6.72. The normalized spacial score (nSPS) is 18.4. The van der Waals surface area contributed by atoms with Crippen LogP contribution in [-0.4, -0.2) is 23.3 Å². The number of alkyl halides is 1. The van der Waals surface area contributed by atoms with E-state index in [0.29, 0.717) is 5.92 Å². The monoisotopic (exact) mass is 309 g/mol. The summed E-state index contributed by atoms with van der Waals surface area (Å²) in [7, 11) is 0. The smallest absolute Gasteiger partial charge is 0.0233 e. The third-order valence-electron chi connectivity index (χ3n) is 3.98. The molecule has 1 aromatic carbocycles. The van der Waals surface area contributed by atoms with Crippen LogP contribution in [0.5, 0.6) is 0 Å². The first-order valence-electron chi connectivity index (χ1n) is 7.06. The highest BCUT2D eigenvalue weighted by Crippen LogP contribution is 2.21. The highest BCUT2D eigenvalue weighted by molar-refractivity contribution is 9.09. The van der Waals surface area contributed by atoms with E-state index in [9.17, 15) is 0 Å². The van der Waals surface area contributed by atoms with E-state index in [0.717, 1.165) is 12.5 Å². The quantitative estimate of drug-likeness (QED) is 0.744. The van der Waals surface area contributed by atoms with Gasteiger partial charge in [-0.2, -0.15) is 0 Å². The van der Waals surface area contributed by atoms with Crippen molar-refractivity contribution in [3.63, 3.8) is 0 Å². The van der Waals surface area contributed by atoms with Gasteiger partial charge in [-0.1, -0.05) is 54.0 Å². The molecule has 0 spiro atoms. The summed E-state index contributed by atoms with van der Waals surface area (Å²) in [5.74, 6) is 1.53.